The van der Waals surface area contributed by atoms with Gasteiger partial charge in [-0.3, -0.25) is 0 Å². The van der Waals surface area contributed by atoms with E-state index in [9.17, 15) is 0 Å². The highest BCUT2D eigenvalue weighted by Crippen LogP contribution is 2.19. The van der Waals surface area contributed by atoms with Crippen LogP contribution in [0.3, 0.4) is 0 Å². The molecule has 0 saturated heterocycles. The van der Waals surface area contributed by atoms with E-state index in [2.05, 4.69) is 32.9 Å². The van der Waals surface area contributed by atoms with Crippen LogP contribution in [0.5, 0.6) is 5.75 Å². The van der Waals surface area contributed by atoms with E-state index >= 15 is 0 Å². The second-order valence-corrected chi connectivity index (χ2v) is 4.78. The molecule has 0 aromatic heterocycles. The summed E-state index contributed by atoms with van der Waals surface area (Å²) in [6.07, 6.45) is 0.984. The van der Waals surface area contributed by atoms with Gasteiger partial charge in [0.1, 0.15) is 5.75 Å². The van der Waals surface area contributed by atoms with Crippen LogP contribution >= 0.6 is 0 Å². The summed E-state index contributed by atoms with van der Waals surface area (Å²) in [4.78, 5) is 0. The fourth-order valence-electron chi connectivity index (χ4n) is 1.18. The summed E-state index contributed by atoms with van der Waals surface area (Å²) >= 11 is 0. The van der Waals surface area contributed by atoms with Crippen LogP contribution in [0.25, 0.3) is 0 Å². The van der Waals surface area contributed by atoms with E-state index in [-0.39, 0.29) is 5.41 Å². The molecule has 0 spiro atoms. The van der Waals surface area contributed by atoms with Gasteiger partial charge in [-0.2, -0.15) is 0 Å². The Morgan fingerprint density at radius 3 is 2.33 bits per heavy atom. The largest absolute Gasteiger partial charge is 0.494 e. The van der Waals surface area contributed by atoms with Crippen LogP contribution in [0.15, 0.2) is 24.3 Å². The Labute approximate surface area is 92.4 Å². The second kappa shape index (κ2) is 5.17. The van der Waals surface area contributed by atoms with Gasteiger partial charge < -0.3 is 10.5 Å². The number of aryl methyl sites for hydroxylation is 1. The van der Waals surface area contributed by atoms with Crippen LogP contribution in [-0.2, 0) is 0 Å². The molecule has 0 saturated carbocycles. The predicted octanol–water partition coefficient (Wildman–Crippen LogP) is 2.75. The van der Waals surface area contributed by atoms with Gasteiger partial charge in [-0.15, -0.1) is 0 Å². The van der Waals surface area contributed by atoms with E-state index in [0.29, 0.717) is 6.54 Å². The standard InChI is InChI=1S/C13H21NO/c1-11-4-6-12(7-5-11)15-9-8-13(2,3)10-14/h4-7H,8-10,14H2,1-3H3. The normalized spacial score (nSPS) is 11.5. The van der Waals surface area contributed by atoms with E-state index < -0.39 is 0 Å². The van der Waals surface area contributed by atoms with E-state index in [1.54, 1.807) is 0 Å². The molecule has 1 aromatic carbocycles. The minimum absolute atomic E-state index is 0.171. The molecule has 0 heterocycles. The lowest BCUT2D eigenvalue weighted by Crippen LogP contribution is -2.25. The van der Waals surface area contributed by atoms with Crippen molar-refractivity contribution < 1.29 is 4.74 Å². The third-order valence-electron chi connectivity index (χ3n) is 2.62. The first kappa shape index (κ1) is 12.1. The summed E-state index contributed by atoms with van der Waals surface area (Å²) in [5, 5.41) is 0. The Hall–Kier alpha value is -1.02. The van der Waals surface area contributed by atoms with Crippen molar-refractivity contribution in [1.82, 2.24) is 0 Å². The van der Waals surface area contributed by atoms with Crippen molar-refractivity contribution in [3.63, 3.8) is 0 Å². The molecule has 0 fully saturated rings. The zero-order chi connectivity index (χ0) is 11.3. The molecule has 84 valence electrons. The number of rotatable bonds is 5. The monoisotopic (exact) mass is 207 g/mol. The van der Waals surface area contributed by atoms with E-state index in [4.69, 9.17) is 10.5 Å². The van der Waals surface area contributed by atoms with Crippen LogP contribution in [0.2, 0.25) is 0 Å². The van der Waals surface area contributed by atoms with Gasteiger partial charge in [0.2, 0.25) is 0 Å². The van der Waals surface area contributed by atoms with Gasteiger partial charge in [0.25, 0.3) is 0 Å². The van der Waals surface area contributed by atoms with Crippen molar-refractivity contribution in [3.05, 3.63) is 29.8 Å². The lowest BCUT2D eigenvalue weighted by atomic mass is 9.90. The Kier molecular flexibility index (Phi) is 4.15. The molecular formula is C13H21NO. The zero-order valence-electron chi connectivity index (χ0n) is 9.92. The smallest absolute Gasteiger partial charge is 0.119 e. The van der Waals surface area contributed by atoms with Gasteiger partial charge in [0, 0.05) is 0 Å². The highest BCUT2D eigenvalue weighted by molar-refractivity contribution is 5.26. The Morgan fingerprint density at radius 1 is 1.20 bits per heavy atom. The molecular weight excluding hydrogens is 186 g/mol. The summed E-state index contributed by atoms with van der Waals surface area (Å²) in [5.74, 6) is 0.938. The van der Waals surface area contributed by atoms with Gasteiger partial charge in [-0.1, -0.05) is 31.5 Å². The lowest BCUT2D eigenvalue weighted by molar-refractivity contribution is 0.233. The molecule has 1 rings (SSSR count). The molecule has 0 aliphatic rings. The van der Waals surface area contributed by atoms with Crippen molar-refractivity contribution in [2.45, 2.75) is 27.2 Å². The summed E-state index contributed by atoms with van der Waals surface area (Å²) in [6, 6.07) is 8.13. The van der Waals surface area contributed by atoms with Gasteiger partial charge >= 0.3 is 0 Å². The number of nitrogens with two attached hydrogens (primary N) is 1. The molecule has 0 amide bonds. The minimum atomic E-state index is 0.171. The summed E-state index contributed by atoms with van der Waals surface area (Å²) in [6.45, 7) is 7.82. The van der Waals surface area contributed by atoms with Crippen molar-refractivity contribution in [2.24, 2.45) is 11.1 Å². The van der Waals surface area contributed by atoms with Gasteiger partial charge in [-0.05, 0) is 37.4 Å². The number of ether oxygens (including phenoxy) is 1. The third-order valence-corrected chi connectivity index (χ3v) is 2.62. The highest BCUT2D eigenvalue weighted by Gasteiger charge is 2.14. The number of hydrogen-bond acceptors (Lipinski definition) is 2. The third kappa shape index (κ3) is 4.34. The van der Waals surface area contributed by atoms with Crippen LogP contribution < -0.4 is 10.5 Å². The Bertz CT molecular complexity index is 290. The molecule has 0 bridgehead atoms. The SMILES string of the molecule is Cc1ccc(OCCC(C)(C)CN)cc1. The maximum atomic E-state index is 5.65. The summed E-state index contributed by atoms with van der Waals surface area (Å²) in [7, 11) is 0. The molecule has 2 nitrogen and oxygen atoms in total. The van der Waals surface area contributed by atoms with Crippen molar-refractivity contribution in [1.29, 1.82) is 0 Å². The van der Waals surface area contributed by atoms with Crippen LogP contribution in [0.1, 0.15) is 25.8 Å². The molecule has 1 aromatic rings. The first-order valence-corrected chi connectivity index (χ1v) is 5.43. The first-order chi connectivity index (χ1) is 7.03. The lowest BCUT2D eigenvalue weighted by Gasteiger charge is -2.22. The second-order valence-electron chi connectivity index (χ2n) is 4.78. The molecule has 15 heavy (non-hydrogen) atoms. The van der Waals surface area contributed by atoms with Gasteiger partial charge in [-0.25, -0.2) is 0 Å². The predicted molar refractivity (Wildman–Crippen MR) is 64.1 cm³/mol. The molecule has 2 heteroatoms. The maximum absolute atomic E-state index is 5.65. The average Bonchev–Trinajstić information content (AvgIpc) is 2.21. The molecule has 0 atom stereocenters. The van der Waals surface area contributed by atoms with E-state index in [1.807, 2.05) is 12.1 Å². The Balaban J connectivity index is 2.35. The minimum Gasteiger partial charge on any atom is -0.494 e. The zero-order valence-corrected chi connectivity index (χ0v) is 9.92. The fourth-order valence-corrected chi connectivity index (χ4v) is 1.18. The number of hydrogen-bond donors (Lipinski definition) is 1. The fraction of sp³-hybridized carbons (Fsp3) is 0.538. The average molecular weight is 207 g/mol. The maximum Gasteiger partial charge on any atom is 0.119 e. The molecule has 0 aliphatic carbocycles. The van der Waals surface area contributed by atoms with Crippen LogP contribution in [0.4, 0.5) is 0 Å². The van der Waals surface area contributed by atoms with Crippen molar-refractivity contribution >= 4 is 0 Å². The molecule has 0 radical (unpaired) electrons. The quantitative estimate of drug-likeness (QED) is 0.805. The van der Waals surface area contributed by atoms with Crippen molar-refractivity contribution in [3.8, 4) is 5.75 Å². The summed E-state index contributed by atoms with van der Waals surface area (Å²) < 4.78 is 5.64. The van der Waals surface area contributed by atoms with Crippen LogP contribution in [0, 0.1) is 12.3 Å². The van der Waals surface area contributed by atoms with E-state index in [1.165, 1.54) is 5.56 Å². The van der Waals surface area contributed by atoms with Crippen molar-refractivity contribution in [2.75, 3.05) is 13.2 Å². The number of benzene rings is 1. The molecule has 0 aliphatic heterocycles. The topological polar surface area (TPSA) is 35.2 Å². The Morgan fingerprint density at radius 2 is 1.80 bits per heavy atom. The molecule has 2 N–H and O–H groups in total. The van der Waals surface area contributed by atoms with Crippen LogP contribution in [-0.4, -0.2) is 13.2 Å². The highest BCUT2D eigenvalue weighted by atomic mass is 16.5. The summed E-state index contributed by atoms with van der Waals surface area (Å²) in [5.41, 5.74) is 7.08. The first-order valence-electron chi connectivity index (χ1n) is 5.43. The molecule has 0 unspecified atom stereocenters. The van der Waals surface area contributed by atoms with Gasteiger partial charge in [0.05, 0.1) is 6.61 Å². The van der Waals surface area contributed by atoms with Gasteiger partial charge in [0.15, 0.2) is 0 Å². The van der Waals surface area contributed by atoms with E-state index in [0.717, 1.165) is 18.8 Å².